The summed E-state index contributed by atoms with van der Waals surface area (Å²) in [5, 5.41) is 11.8. The summed E-state index contributed by atoms with van der Waals surface area (Å²) in [5.74, 6) is 2.03. The van der Waals surface area contributed by atoms with Gasteiger partial charge in [-0.2, -0.15) is 0 Å². The molecule has 0 aromatic heterocycles. The fourth-order valence-corrected chi connectivity index (χ4v) is 5.65. The van der Waals surface area contributed by atoms with Gasteiger partial charge < -0.3 is 33.9 Å². The fourth-order valence-electron chi connectivity index (χ4n) is 5.65. The zero-order chi connectivity index (χ0) is 30.7. The Hall–Kier alpha value is -3.34. The van der Waals surface area contributed by atoms with Crippen molar-refractivity contribution in [3.63, 3.8) is 0 Å². The minimum Gasteiger partial charge on any atom is -0.493 e. The lowest BCUT2D eigenvalue weighted by atomic mass is 10.0. The van der Waals surface area contributed by atoms with Gasteiger partial charge >= 0.3 is 0 Å². The van der Waals surface area contributed by atoms with Crippen LogP contribution in [0.25, 0.3) is 0 Å². The molecule has 1 unspecified atom stereocenters. The highest BCUT2D eigenvalue weighted by Crippen LogP contribution is 2.29. The third-order valence-corrected chi connectivity index (χ3v) is 7.97. The van der Waals surface area contributed by atoms with Gasteiger partial charge in [0.1, 0.15) is 24.6 Å². The molecule has 10 nitrogen and oxygen atoms in total. The maximum absolute atomic E-state index is 12.8. The van der Waals surface area contributed by atoms with E-state index in [0.29, 0.717) is 63.0 Å². The standard InChI is InChI=1S/C33H47N3O7/c1-26-9-12-28(13-10-26)43-25-33(39)23-34(17-18-36(24-33)32(38)22-40-2)21-27-11-14-29(41-3)30(20-27)42-19-7-16-35-15-6-4-5-8-31(35)37/h9-14,20,39H,4-8,15-19,21-25H2,1-3H3. The summed E-state index contributed by atoms with van der Waals surface area (Å²) >= 11 is 0. The Labute approximate surface area is 255 Å². The molecule has 236 valence electrons. The summed E-state index contributed by atoms with van der Waals surface area (Å²) in [7, 11) is 3.11. The predicted octanol–water partition coefficient (Wildman–Crippen LogP) is 3.28. The molecule has 4 rings (SSSR count). The summed E-state index contributed by atoms with van der Waals surface area (Å²) in [6, 6.07) is 13.5. The summed E-state index contributed by atoms with van der Waals surface area (Å²) in [4.78, 5) is 30.8. The van der Waals surface area contributed by atoms with Crippen molar-refractivity contribution in [2.75, 3.05) is 73.3 Å². The van der Waals surface area contributed by atoms with Crippen molar-refractivity contribution in [1.29, 1.82) is 0 Å². The second kappa shape index (κ2) is 15.9. The van der Waals surface area contributed by atoms with Crippen LogP contribution in [-0.4, -0.2) is 111 Å². The van der Waals surface area contributed by atoms with Crippen LogP contribution in [0.15, 0.2) is 42.5 Å². The van der Waals surface area contributed by atoms with Gasteiger partial charge in [0.2, 0.25) is 11.8 Å². The Balaban J connectivity index is 1.40. The van der Waals surface area contributed by atoms with Gasteiger partial charge in [-0.15, -0.1) is 0 Å². The third kappa shape index (κ3) is 9.84. The summed E-state index contributed by atoms with van der Waals surface area (Å²) in [5.41, 5.74) is 0.830. The number of rotatable bonds is 13. The molecule has 2 amide bonds. The molecule has 43 heavy (non-hydrogen) atoms. The minimum atomic E-state index is -1.29. The SMILES string of the molecule is COCC(=O)N1CCN(Cc2ccc(OC)c(OCCCN3CCCCCC3=O)c2)CC(O)(COc2ccc(C)cc2)C1. The molecule has 2 aliphatic heterocycles. The second-order valence-corrected chi connectivity index (χ2v) is 11.7. The Morgan fingerprint density at radius 1 is 0.953 bits per heavy atom. The van der Waals surface area contributed by atoms with E-state index in [1.54, 1.807) is 12.0 Å². The first-order valence-corrected chi connectivity index (χ1v) is 15.3. The van der Waals surface area contributed by atoms with E-state index < -0.39 is 5.60 Å². The van der Waals surface area contributed by atoms with Crippen molar-refractivity contribution >= 4 is 11.8 Å². The predicted molar refractivity (Wildman–Crippen MR) is 164 cm³/mol. The van der Waals surface area contributed by atoms with Gasteiger partial charge in [0.25, 0.3) is 0 Å². The highest BCUT2D eigenvalue weighted by Gasteiger charge is 2.37. The van der Waals surface area contributed by atoms with Gasteiger partial charge in [0.15, 0.2) is 11.5 Å². The number of hydrogen-bond donors (Lipinski definition) is 1. The van der Waals surface area contributed by atoms with E-state index in [4.69, 9.17) is 18.9 Å². The number of nitrogens with zero attached hydrogens (tertiary/aromatic N) is 3. The number of β-amino-alcohol motifs (C(OH)–C–C–N with tert-alkyl or cyclic N) is 1. The number of aliphatic hydroxyl groups is 1. The van der Waals surface area contributed by atoms with Gasteiger partial charge in [0.05, 0.1) is 20.3 Å². The van der Waals surface area contributed by atoms with Crippen molar-refractivity contribution < 1.29 is 33.6 Å². The number of benzene rings is 2. The van der Waals surface area contributed by atoms with Crippen LogP contribution < -0.4 is 14.2 Å². The topological polar surface area (TPSA) is 101 Å². The van der Waals surface area contributed by atoms with E-state index >= 15 is 0 Å². The Morgan fingerprint density at radius 2 is 1.77 bits per heavy atom. The number of carbonyl (C=O) groups excluding carboxylic acids is 2. The number of ether oxygens (including phenoxy) is 4. The van der Waals surface area contributed by atoms with Crippen LogP contribution in [0.4, 0.5) is 0 Å². The van der Waals surface area contributed by atoms with Crippen molar-refractivity contribution in [2.45, 2.75) is 51.2 Å². The van der Waals surface area contributed by atoms with Crippen molar-refractivity contribution in [1.82, 2.24) is 14.7 Å². The minimum absolute atomic E-state index is 0.0415. The first-order chi connectivity index (χ1) is 20.8. The van der Waals surface area contributed by atoms with Gasteiger partial charge in [-0.3, -0.25) is 14.5 Å². The molecule has 0 spiro atoms. The average molecular weight is 598 g/mol. The zero-order valence-corrected chi connectivity index (χ0v) is 25.9. The number of likely N-dealkylation sites (tertiary alicyclic amines) is 1. The van der Waals surface area contributed by atoms with Crippen LogP contribution in [-0.2, 0) is 20.9 Å². The van der Waals surface area contributed by atoms with E-state index in [9.17, 15) is 14.7 Å². The fraction of sp³-hybridized carbons (Fsp3) is 0.576. The number of amides is 2. The monoisotopic (exact) mass is 597 g/mol. The van der Waals surface area contributed by atoms with Crippen molar-refractivity contribution in [3.8, 4) is 17.2 Å². The van der Waals surface area contributed by atoms with Crippen LogP contribution in [0.5, 0.6) is 17.2 Å². The highest BCUT2D eigenvalue weighted by atomic mass is 16.5. The third-order valence-electron chi connectivity index (χ3n) is 7.97. The van der Waals surface area contributed by atoms with Crippen molar-refractivity contribution in [2.24, 2.45) is 0 Å². The Morgan fingerprint density at radius 3 is 2.53 bits per heavy atom. The summed E-state index contributed by atoms with van der Waals surface area (Å²) in [6.07, 6.45) is 4.53. The number of methoxy groups -OCH3 is 2. The molecule has 2 fully saturated rings. The maximum Gasteiger partial charge on any atom is 0.248 e. The lowest BCUT2D eigenvalue weighted by Gasteiger charge is -2.33. The number of carbonyl (C=O) groups is 2. The van der Waals surface area contributed by atoms with Crippen molar-refractivity contribution in [3.05, 3.63) is 53.6 Å². The zero-order valence-electron chi connectivity index (χ0n) is 25.9. The van der Waals surface area contributed by atoms with E-state index in [-0.39, 0.29) is 31.6 Å². The molecule has 1 atom stereocenters. The number of aryl methyl sites for hydroxylation is 1. The van der Waals surface area contributed by atoms with E-state index in [1.807, 2.05) is 54.3 Å². The van der Waals surface area contributed by atoms with Crippen LogP contribution >= 0.6 is 0 Å². The van der Waals surface area contributed by atoms with Gasteiger partial charge in [-0.25, -0.2) is 0 Å². The molecular weight excluding hydrogens is 550 g/mol. The summed E-state index contributed by atoms with van der Waals surface area (Å²) in [6.45, 7) is 6.05. The highest BCUT2D eigenvalue weighted by molar-refractivity contribution is 5.77. The van der Waals surface area contributed by atoms with Crippen LogP contribution in [0, 0.1) is 6.92 Å². The normalized spacial score (nSPS) is 20.0. The first-order valence-electron chi connectivity index (χ1n) is 15.3. The quantitative estimate of drug-likeness (QED) is 0.351. The molecule has 0 radical (unpaired) electrons. The molecule has 2 aromatic carbocycles. The Kier molecular flexibility index (Phi) is 12.1. The molecule has 2 heterocycles. The number of hydrogen-bond acceptors (Lipinski definition) is 8. The molecule has 0 aliphatic carbocycles. The van der Waals surface area contributed by atoms with Gasteiger partial charge in [-0.1, -0.05) is 30.2 Å². The maximum atomic E-state index is 12.8. The molecule has 2 aliphatic rings. The first kappa shape index (κ1) is 32.6. The van der Waals surface area contributed by atoms with Crippen LogP contribution in [0.1, 0.15) is 43.2 Å². The summed E-state index contributed by atoms with van der Waals surface area (Å²) < 4.78 is 22.8. The Bertz CT molecular complexity index is 1190. The smallest absolute Gasteiger partial charge is 0.248 e. The lowest BCUT2D eigenvalue weighted by molar-refractivity contribution is -0.138. The van der Waals surface area contributed by atoms with E-state index in [0.717, 1.165) is 43.4 Å². The van der Waals surface area contributed by atoms with Gasteiger partial charge in [-0.05, 0) is 56.0 Å². The molecule has 2 aromatic rings. The molecule has 1 N–H and O–H groups in total. The van der Waals surface area contributed by atoms with E-state index in [1.165, 1.54) is 7.11 Å². The lowest BCUT2D eigenvalue weighted by Crippen LogP contribution is -2.52. The van der Waals surface area contributed by atoms with E-state index in [2.05, 4.69) is 4.90 Å². The van der Waals surface area contributed by atoms with Gasteiger partial charge in [0, 0.05) is 52.8 Å². The van der Waals surface area contributed by atoms with Crippen LogP contribution in [0.2, 0.25) is 0 Å². The molecule has 10 heteroatoms. The average Bonchev–Trinajstić information content (AvgIpc) is 3.30. The molecule has 2 saturated heterocycles. The van der Waals surface area contributed by atoms with Crippen LogP contribution in [0.3, 0.4) is 0 Å². The second-order valence-electron chi connectivity index (χ2n) is 11.7. The molecular formula is C33H47N3O7. The largest absolute Gasteiger partial charge is 0.493 e. The molecule has 0 saturated carbocycles. The molecule has 0 bridgehead atoms.